The minimum absolute atomic E-state index is 0.189. The van der Waals surface area contributed by atoms with Gasteiger partial charge in [-0.15, -0.1) is 0 Å². The molecule has 5 nitrogen and oxygen atoms in total. The van der Waals surface area contributed by atoms with Gasteiger partial charge in [-0.05, 0) is 74.6 Å². The van der Waals surface area contributed by atoms with Crippen LogP contribution in [0.5, 0.6) is 0 Å². The van der Waals surface area contributed by atoms with E-state index in [2.05, 4.69) is 34.6 Å². The maximum absolute atomic E-state index is 12.1. The Balaban J connectivity index is 1.45. The Bertz CT molecular complexity index is 545. The Hall–Kier alpha value is -1.75. The van der Waals surface area contributed by atoms with E-state index in [0.717, 1.165) is 44.7 Å². The summed E-state index contributed by atoms with van der Waals surface area (Å²) in [6, 6.07) is 7.91. The average Bonchev–Trinajstić information content (AvgIpc) is 2.64. The fourth-order valence-electron chi connectivity index (χ4n) is 3.82. The lowest BCUT2D eigenvalue weighted by Gasteiger charge is -2.32. The summed E-state index contributed by atoms with van der Waals surface area (Å²) in [5.74, 6) is 1.22. The summed E-state index contributed by atoms with van der Waals surface area (Å²) >= 11 is 0. The second-order valence-corrected chi connectivity index (χ2v) is 7.65. The standard InChI is InChI=1S/C20H30N3O2/c1-15-10-12-23(13-11-15)19-8-6-18(7-9-19)22-20(25)21-17-4-2-16(14-24)3-5-17/h6-9,15-17,24H,2-5,10-14H2,1H3,(H,21,25). The summed E-state index contributed by atoms with van der Waals surface area (Å²) in [7, 11) is 0. The quantitative estimate of drug-likeness (QED) is 0.879. The lowest BCUT2D eigenvalue weighted by molar-refractivity contribution is 0.175. The van der Waals surface area contributed by atoms with E-state index in [1.165, 1.54) is 18.5 Å². The molecule has 0 unspecified atom stereocenters. The van der Waals surface area contributed by atoms with Crippen LogP contribution in [0, 0.1) is 11.8 Å². The summed E-state index contributed by atoms with van der Waals surface area (Å²) in [4.78, 5) is 14.5. The fourth-order valence-corrected chi connectivity index (χ4v) is 3.82. The SMILES string of the molecule is CC1CCN(c2ccc([N]C(=O)NC3CCC(CO)CC3)cc2)CC1. The predicted octanol–water partition coefficient (Wildman–Crippen LogP) is 3.42. The van der Waals surface area contributed by atoms with E-state index >= 15 is 0 Å². The zero-order chi connectivity index (χ0) is 17.6. The highest BCUT2D eigenvalue weighted by molar-refractivity contribution is 5.79. The predicted molar refractivity (Wildman–Crippen MR) is 100 cm³/mol. The molecule has 25 heavy (non-hydrogen) atoms. The van der Waals surface area contributed by atoms with Crippen LogP contribution in [-0.4, -0.2) is 36.9 Å². The van der Waals surface area contributed by atoms with E-state index in [-0.39, 0.29) is 18.7 Å². The minimum atomic E-state index is -0.257. The van der Waals surface area contributed by atoms with Gasteiger partial charge in [-0.25, -0.2) is 4.79 Å². The van der Waals surface area contributed by atoms with E-state index < -0.39 is 0 Å². The molecule has 1 saturated carbocycles. The third-order valence-corrected chi connectivity index (χ3v) is 5.66. The first-order valence-corrected chi connectivity index (χ1v) is 9.62. The number of anilines is 1. The highest BCUT2D eigenvalue weighted by Crippen LogP contribution is 2.25. The number of amides is 2. The Morgan fingerprint density at radius 3 is 2.36 bits per heavy atom. The summed E-state index contributed by atoms with van der Waals surface area (Å²) in [6.07, 6.45) is 6.30. The molecule has 5 heteroatoms. The molecule has 1 radical (unpaired) electrons. The molecule has 2 amide bonds. The highest BCUT2D eigenvalue weighted by atomic mass is 16.3. The van der Waals surface area contributed by atoms with E-state index in [0.29, 0.717) is 11.6 Å². The van der Waals surface area contributed by atoms with Crippen molar-refractivity contribution in [3.8, 4) is 0 Å². The van der Waals surface area contributed by atoms with Crippen molar-refractivity contribution in [2.45, 2.75) is 51.5 Å². The molecule has 2 aliphatic rings. The van der Waals surface area contributed by atoms with Crippen LogP contribution in [0.1, 0.15) is 45.4 Å². The van der Waals surface area contributed by atoms with Gasteiger partial charge in [0.25, 0.3) is 0 Å². The first kappa shape index (κ1) is 18.1. The Morgan fingerprint density at radius 2 is 1.76 bits per heavy atom. The monoisotopic (exact) mass is 344 g/mol. The lowest BCUT2D eigenvalue weighted by Crippen LogP contribution is -2.40. The third-order valence-electron chi connectivity index (χ3n) is 5.66. The fraction of sp³-hybridized carbons (Fsp3) is 0.650. The van der Waals surface area contributed by atoms with Crippen LogP contribution >= 0.6 is 0 Å². The molecule has 3 rings (SSSR count). The number of nitrogens with one attached hydrogen (secondary N) is 1. The van der Waals surface area contributed by atoms with Crippen molar-refractivity contribution < 1.29 is 9.90 Å². The van der Waals surface area contributed by atoms with Crippen LogP contribution in [0.4, 0.5) is 16.2 Å². The van der Waals surface area contributed by atoms with Gasteiger partial charge in [-0.1, -0.05) is 6.92 Å². The number of piperidine rings is 1. The van der Waals surface area contributed by atoms with Gasteiger partial charge in [0, 0.05) is 31.4 Å². The number of rotatable bonds is 4. The van der Waals surface area contributed by atoms with Crippen LogP contribution in [-0.2, 0) is 0 Å². The molecule has 0 aromatic heterocycles. The molecule has 137 valence electrons. The second-order valence-electron chi connectivity index (χ2n) is 7.65. The Labute approximate surface area is 150 Å². The summed E-state index contributed by atoms with van der Waals surface area (Å²) in [5, 5.41) is 16.3. The van der Waals surface area contributed by atoms with Crippen LogP contribution in [0.15, 0.2) is 24.3 Å². The van der Waals surface area contributed by atoms with Crippen molar-refractivity contribution in [1.82, 2.24) is 10.6 Å². The number of aliphatic hydroxyl groups is 1. The van der Waals surface area contributed by atoms with Crippen molar-refractivity contribution in [3.05, 3.63) is 24.3 Å². The first-order valence-electron chi connectivity index (χ1n) is 9.62. The zero-order valence-electron chi connectivity index (χ0n) is 15.2. The molecular weight excluding hydrogens is 314 g/mol. The maximum atomic E-state index is 12.1. The number of carbonyl (C=O) groups excluding carboxylic acids is 1. The lowest BCUT2D eigenvalue weighted by atomic mass is 9.87. The number of benzene rings is 1. The number of carbonyl (C=O) groups is 1. The molecule has 0 bridgehead atoms. The molecule has 1 saturated heterocycles. The molecule has 2 N–H and O–H groups in total. The van der Waals surface area contributed by atoms with Crippen LogP contribution in [0.25, 0.3) is 0 Å². The maximum Gasteiger partial charge on any atom is 0.341 e. The van der Waals surface area contributed by atoms with Gasteiger partial charge in [0.05, 0.1) is 5.69 Å². The zero-order valence-corrected chi connectivity index (χ0v) is 15.2. The molecule has 1 heterocycles. The van der Waals surface area contributed by atoms with Crippen molar-refractivity contribution >= 4 is 17.4 Å². The summed E-state index contributed by atoms with van der Waals surface area (Å²) in [6.45, 7) is 4.78. The number of hydrogen-bond acceptors (Lipinski definition) is 3. The van der Waals surface area contributed by atoms with Crippen LogP contribution < -0.4 is 15.5 Å². The van der Waals surface area contributed by atoms with E-state index in [1.54, 1.807) is 0 Å². The van der Waals surface area contributed by atoms with Crippen molar-refractivity contribution in [2.75, 3.05) is 24.6 Å². The van der Waals surface area contributed by atoms with Gasteiger partial charge in [0.15, 0.2) is 0 Å². The van der Waals surface area contributed by atoms with Crippen molar-refractivity contribution in [2.24, 2.45) is 11.8 Å². The van der Waals surface area contributed by atoms with Gasteiger partial charge in [-0.3, -0.25) is 0 Å². The normalized spacial score (nSPS) is 24.8. The van der Waals surface area contributed by atoms with Gasteiger partial charge < -0.3 is 15.3 Å². The number of hydrogen-bond donors (Lipinski definition) is 2. The van der Waals surface area contributed by atoms with Crippen molar-refractivity contribution in [3.63, 3.8) is 0 Å². The smallest absolute Gasteiger partial charge is 0.341 e. The van der Waals surface area contributed by atoms with E-state index in [4.69, 9.17) is 0 Å². The average molecular weight is 344 g/mol. The molecular formula is C20H30N3O2. The largest absolute Gasteiger partial charge is 0.396 e. The Kier molecular flexibility index (Phi) is 6.19. The van der Waals surface area contributed by atoms with E-state index in [1.807, 2.05) is 12.1 Å². The molecule has 0 atom stereocenters. The number of nitrogens with zero attached hydrogens (tertiary/aromatic N) is 2. The van der Waals surface area contributed by atoms with Gasteiger partial charge >= 0.3 is 6.03 Å². The highest BCUT2D eigenvalue weighted by Gasteiger charge is 2.22. The van der Waals surface area contributed by atoms with Crippen LogP contribution in [0.2, 0.25) is 0 Å². The van der Waals surface area contributed by atoms with Crippen molar-refractivity contribution in [1.29, 1.82) is 0 Å². The minimum Gasteiger partial charge on any atom is -0.396 e. The molecule has 1 aromatic rings. The van der Waals surface area contributed by atoms with Gasteiger partial charge in [0.2, 0.25) is 0 Å². The van der Waals surface area contributed by atoms with E-state index in [9.17, 15) is 9.90 Å². The summed E-state index contributed by atoms with van der Waals surface area (Å²) < 4.78 is 0. The Morgan fingerprint density at radius 1 is 1.12 bits per heavy atom. The molecule has 1 aliphatic carbocycles. The second kappa shape index (κ2) is 8.56. The first-order chi connectivity index (χ1) is 12.1. The number of aliphatic hydroxyl groups excluding tert-OH is 1. The topological polar surface area (TPSA) is 66.7 Å². The molecule has 1 aromatic carbocycles. The molecule has 2 fully saturated rings. The van der Waals surface area contributed by atoms with Crippen LogP contribution in [0.3, 0.4) is 0 Å². The van der Waals surface area contributed by atoms with Gasteiger partial charge in [-0.2, -0.15) is 5.32 Å². The summed E-state index contributed by atoms with van der Waals surface area (Å²) in [5.41, 5.74) is 1.92. The van der Waals surface area contributed by atoms with Gasteiger partial charge in [0.1, 0.15) is 0 Å². The molecule has 0 spiro atoms. The third kappa shape index (κ3) is 5.11. The molecule has 1 aliphatic heterocycles. The number of urea groups is 1.